The highest BCUT2D eigenvalue weighted by atomic mass is 16.3. The molecule has 0 bridgehead atoms. The second-order valence-electron chi connectivity index (χ2n) is 6.02. The van der Waals surface area contributed by atoms with Crippen LogP contribution in [0.4, 0.5) is 0 Å². The molecule has 4 heteroatoms. The molecule has 4 nitrogen and oxygen atoms in total. The molecular formula is C14H26N2O2. The summed E-state index contributed by atoms with van der Waals surface area (Å²) in [5.74, 6) is 0.105. The third-order valence-electron chi connectivity index (χ3n) is 4.51. The summed E-state index contributed by atoms with van der Waals surface area (Å²) >= 11 is 0. The van der Waals surface area contributed by atoms with E-state index >= 15 is 0 Å². The largest absolute Gasteiger partial charge is 0.396 e. The van der Waals surface area contributed by atoms with Crippen LogP contribution in [-0.2, 0) is 4.79 Å². The summed E-state index contributed by atoms with van der Waals surface area (Å²) in [6, 6.07) is 0.401. The molecule has 0 unspecified atom stereocenters. The second-order valence-corrected chi connectivity index (χ2v) is 6.02. The van der Waals surface area contributed by atoms with E-state index < -0.39 is 0 Å². The van der Waals surface area contributed by atoms with E-state index in [0.717, 1.165) is 32.2 Å². The average Bonchev–Trinajstić information content (AvgIpc) is 3.01. The van der Waals surface area contributed by atoms with Crippen LogP contribution in [0.3, 0.4) is 0 Å². The van der Waals surface area contributed by atoms with E-state index in [-0.39, 0.29) is 17.9 Å². The van der Waals surface area contributed by atoms with E-state index in [1.165, 1.54) is 25.7 Å². The standard InChI is InChI=1S/C14H26N2O2/c17-11-14(7-3-4-8-14)10-15-9-13(18)16-12-5-1-2-6-12/h12,15,17H,1-11H2,(H,16,18). The minimum Gasteiger partial charge on any atom is -0.396 e. The maximum atomic E-state index is 11.7. The van der Waals surface area contributed by atoms with Gasteiger partial charge in [0.1, 0.15) is 0 Å². The van der Waals surface area contributed by atoms with E-state index in [9.17, 15) is 9.90 Å². The van der Waals surface area contributed by atoms with E-state index in [1.807, 2.05) is 0 Å². The van der Waals surface area contributed by atoms with Gasteiger partial charge in [0.05, 0.1) is 6.54 Å². The minimum atomic E-state index is 0.0354. The Morgan fingerprint density at radius 3 is 2.44 bits per heavy atom. The summed E-state index contributed by atoms with van der Waals surface area (Å²) in [6.07, 6.45) is 9.32. The molecule has 2 aliphatic rings. The fraction of sp³-hybridized carbons (Fsp3) is 0.929. The van der Waals surface area contributed by atoms with Crippen molar-refractivity contribution in [1.82, 2.24) is 10.6 Å². The molecule has 1 amide bonds. The van der Waals surface area contributed by atoms with Crippen LogP contribution in [-0.4, -0.2) is 36.8 Å². The molecule has 2 rings (SSSR count). The molecule has 2 aliphatic carbocycles. The molecule has 18 heavy (non-hydrogen) atoms. The van der Waals surface area contributed by atoms with Gasteiger partial charge < -0.3 is 15.7 Å². The van der Waals surface area contributed by atoms with Crippen LogP contribution in [0, 0.1) is 5.41 Å². The molecule has 2 saturated carbocycles. The molecule has 0 aromatic rings. The SMILES string of the molecule is O=C(CNCC1(CO)CCCC1)NC1CCCC1. The predicted molar refractivity (Wildman–Crippen MR) is 71.3 cm³/mol. The minimum absolute atomic E-state index is 0.0354. The monoisotopic (exact) mass is 254 g/mol. The van der Waals surface area contributed by atoms with Gasteiger partial charge in [-0.25, -0.2) is 0 Å². The molecule has 2 fully saturated rings. The molecule has 0 aromatic heterocycles. The van der Waals surface area contributed by atoms with Gasteiger partial charge in [0.2, 0.25) is 5.91 Å². The lowest BCUT2D eigenvalue weighted by molar-refractivity contribution is -0.121. The summed E-state index contributed by atoms with van der Waals surface area (Å²) in [6.45, 7) is 1.39. The number of carbonyl (C=O) groups excluding carboxylic acids is 1. The first-order chi connectivity index (χ1) is 8.74. The number of rotatable bonds is 6. The molecule has 0 radical (unpaired) electrons. The van der Waals surface area contributed by atoms with Crippen molar-refractivity contribution in [3.05, 3.63) is 0 Å². The van der Waals surface area contributed by atoms with Crippen molar-refractivity contribution in [2.24, 2.45) is 5.41 Å². The number of amides is 1. The van der Waals surface area contributed by atoms with Crippen LogP contribution in [0.15, 0.2) is 0 Å². The number of nitrogens with one attached hydrogen (secondary N) is 2. The summed E-state index contributed by atoms with van der Waals surface area (Å²) < 4.78 is 0. The van der Waals surface area contributed by atoms with E-state index in [2.05, 4.69) is 10.6 Å². The van der Waals surface area contributed by atoms with Crippen molar-refractivity contribution in [1.29, 1.82) is 0 Å². The van der Waals surface area contributed by atoms with Crippen molar-refractivity contribution in [3.63, 3.8) is 0 Å². The second kappa shape index (κ2) is 6.53. The zero-order valence-electron chi connectivity index (χ0n) is 11.2. The van der Waals surface area contributed by atoms with Crippen LogP contribution < -0.4 is 10.6 Å². The topological polar surface area (TPSA) is 61.4 Å². The van der Waals surface area contributed by atoms with E-state index in [4.69, 9.17) is 0 Å². The Morgan fingerprint density at radius 2 is 1.83 bits per heavy atom. The zero-order valence-corrected chi connectivity index (χ0v) is 11.2. The van der Waals surface area contributed by atoms with Crippen molar-refractivity contribution < 1.29 is 9.90 Å². The number of carbonyl (C=O) groups is 1. The summed E-state index contributed by atoms with van der Waals surface area (Å²) in [5, 5.41) is 15.8. The molecule has 0 spiro atoms. The van der Waals surface area contributed by atoms with Gasteiger partial charge in [-0.3, -0.25) is 4.79 Å². The van der Waals surface area contributed by atoms with E-state index in [1.54, 1.807) is 0 Å². The number of hydrogen-bond acceptors (Lipinski definition) is 3. The smallest absolute Gasteiger partial charge is 0.234 e. The van der Waals surface area contributed by atoms with Crippen molar-refractivity contribution in [2.75, 3.05) is 19.7 Å². The number of hydrogen-bond donors (Lipinski definition) is 3. The van der Waals surface area contributed by atoms with Gasteiger partial charge in [-0.15, -0.1) is 0 Å². The lowest BCUT2D eigenvalue weighted by Crippen LogP contribution is -2.43. The first-order valence-corrected chi connectivity index (χ1v) is 7.35. The van der Waals surface area contributed by atoms with Gasteiger partial charge in [0.25, 0.3) is 0 Å². The van der Waals surface area contributed by atoms with Gasteiger partial charge in [-0.1, -0.05) is 25.7 Å². The van der Waals surface area contributed by atoms with Crippen LogP contribution in [0.1, 0.15) is 51.4 Å². The van der Waals surface area contributed by atoms with Crippen molar-refractivity contribution in [3.8, 4) is 0 Å². The summed E-state index contributed by atoms with van der Waals surface area (Å²) in [4.78, 5) is 11.7. The zero-order chi connectivity index (χ0) is 12.8. The maximum Gasteiger partial charge on any atom is 0.234 e. The molecular weight excluding hydrogens is 228 g/mol. The Hall–Kier alpha value is -0.610. The molecule has 104 valence electrons. The fourth-order valence-electron chi connectivity index (χ4n) is 3.31. The third-order valence-corrected chi connectivity index (χ3v) is 4.51. The van der Waals surface area contributed by atoms with Crippen molar-refractivity contribution >= 4 is 5.91 Å². The Bertz CT molecular complexity index is 269. The number of aliphatic hydroxyl groups excluding tert-OH is 1. The lowest BCUT2D eigenvalue weighted by Gasteiger charge is -2.26. The summed E-state index contributed by atoms with van der Waals surface area (Å²) in [7, 11) is 0. The first kappa shape index (κ1) is 13.8. The summed E-state index contributed by atoms with van der Waals surface area (Å²) in [5.41, 5.74) is 0.0354. The molecule has 0 heterocycles. The van der Waals surface area contributed by atoms with Crippen LogP contribution in [0.2, 0.25) is 0 Å². The molecule has 0 aliphatic heterocycles. The third kappa shape index (κ3) is 3.69. The molecule has 3 N–H and O–H groups in total. The van der Waals surface area contributed by atoms with Crippen LogP contribution in [0.5, 0.6) is 0 Å². The molecule has 0 saturated heterocycles. The molecule has 0 atom stereocenters. The van der Waals surface area contributed by atoms with Crippen LogP contribution >= 0.6 is 0 Å². The highest BCUT2D eigenvalue weighted by Gasteiger charge is 2.32. The Morgan fingerprint density at radius 1 is 1.17 bits per heavy atom. The highest BCUT2D eigenvalue weighted by molar-refractivity contribution is 5.78. The van der Waals surface area contributed by atoms with E-state index in [0.29, 0.717) is 12.6 Å². The fourth-order valence-corrected chi connectivity index (χ4v) is 3.31. The Balaban J connectivity index is 1.63. The number of aliphatic hydroxyl groups is 1. The normalized spacial score (nSPS) is 23.4. The average molecular weight is 254 g/mol. The van der Waals surface area contributed by atoms with Gasteiger partial charge in [-0.05, 0) is 25.7 Å². The highest BCUT2D eigenvalue weighted by Crippen LogP contribution is 2.36. The lowest BCUT2D eigenvalue weighted by atomic mass is 9.87. The van der Waals surface area contributed by atoms with Gasteiger partial charge in [0.15, 0.2) is 0 Å². The van der Waals surface area contributed by atoms with Crippen molar-refractivity contribution in [2.45, 2.75) is 57.4 Å². The first-order valence-electron chi connectivity index (χ1n) is 7.35. The predicted octanol–water partition coefficient (Wildman–Crippen LogP) is 1.19. The quantitative estimate of drug-likeness (QED) is 0.667. The Labute approximate surface area is 110 Å². The van der Waals surface area contributed by atoms with Gasteiger partial charge >= 0.3 is 0 Å². The maximum absolute atomic E-state index is 11.7. The van der Waals surface area contributed by atoms with Crippen LogP contribution in [0.25, 0.3) is 0 Å². The molecule has 0 aromatic carbocycles. The van der Waals surface area contributed by atoms with Gasteiger partial charge in [0, 0.05) is 24.6 Å². The van der Waals surface area contributed by atoms with Gasteiger partial charge in [-0.2, -0.15) is 0 Å². The Kier molecular flexibility index (Phi) is 5.01.